The predicted octanol–water partition coefficient (Wildman–Crippen LogP) is 0.635. The average Bonchev–Trinajstić information content (AvgIpc) is 1.99. The molecule has 0 aliphatic heterocycles. The fourth-order valence-electron chi connectivity index (χ4n) is 1.30. The van der Waals surface area contributed by atoms with E-state index in [9.17, 15) is 4.79 Å². The number of hydrogen-bond donors (Lipinski definition) is 3. The number of nitrogens with two attached hydrogens (primary N) is 1. The first-order valence-electron chi connectivity index (χ1n) is 5.38. The van der Waals surface area contributed by atoms with Crippen LogP contribution >= 0.6 is 0 Å². The van der Waals surface area contributed by atoms with Gasteiger partial charge >= 0.3 is 0 Å². The highest BCUT2D eigenvalue weighted by molar-refractivity contribution is 5.82. The monoisotopic (exact) mass is 216 g/mol. The van der Waals surface area contributed by atoms with Crippen molar-refractivity contribution in [2.75, 3.05) is 0 Å². The lowest BCUT2D eigenvalue weighted by molar-refractivity contribution is -0.125. The molecule has 0 aliphatic rings. The van der Waals surface area contributed by atoms with Crippen LogP contribution in [0.1, 0.15) is 41.0 Å². The Hall–Kier alpha value is -0.610. The highest BCUT2D eigenvalue weighted by Crippen LogP contribution is 2.17. The Morgan fingerprint density at radius 2 is 1.87 bits per heavy atom. The first-order chi connectivity index (χ1) is 6.64. The molecular formula is C11H24N2O2. The van der Waals surface area contributed by atoms with Gasteiger partial charge < -0.3 is 16.2 Å². The van der Waals surface area contributed by atoms with Gasteiger partial charge in [-0.1, -0.05) is 20.8 Å². The molecule has 1 amide bonds. The zero-order valence-corrected chi connectivity index (χ0v) is 10.4. The SMILES string of the molecule is CC(O)CC(C)NC(=O)[C@H](N)C(C)(C)C. The molecule has 0 rings (SSSR count). The van der Waals surface area contributed by atoms with Gasteiger partial charge in [0.15, 0.2) is 0 Å². The summed E-state index contributed by atoms with van der Waals surface area (Å²) in [5.74, 6) is -0.157. The molecule has 15 heavy (non-hydrogen) atoms. The molecule has 4 N–H and O–H groups in total. The molecule has 0 saturated heterocycles. The van der Waals surface area contributed by atoms with Crippen molar-refractivity contribution in [2.45, 2.75) is 59.2 Å². The molecule has 4 nitrogen and oxygen atoms in total. The van der Waals surface area contributed by atoms with Gasteiger partial charge in [0.25, 0.3) is 0 Å². The van der Waals surface area contributed by atoms with Crippen LogP contribution in [0.25, 0.3) is 0 Å². The summed E-state index contributed by atoms with van der Waals surface area (Å²) in [5, 5.41) is 11.9. The number of carbonyl (C=O) groups is 1. The van der Waals surface area contributed by atoms with E-state index in [0.717, 1.165) is 0 Å². The third-order valence-corrected chi connectivity index (χ3v) is 2.30. The maximum absolute atomic E-state index is 11.7. The Labute approximate surface area is 92.2 Å². The summed E-state index contributed by atoms with van der Waals surface area (Å²) in [6, 6.07) is -0.570. The Kier molecular flexibility index (Phi) is 5.24. The minimum absolute atomic E-state index is 0.0501. The van der Waals surface area contributed by atoms with Crippen LogP contribution in [0.5, 0.6) is 0 Å². The molecule has 3 atom stereocenters. The van der Waals surface area contributed by atoms with E-state index in [0.29, 0.717) is 6.42 Å². The van der Waals surface area contributed by atoms with Gasteiger partial charge in [0.05, 0.1) is 12.1 Å². The second kappa shape index (κ2) is 5.47. The van der Waals surface area contributed by atoms with E-state index >= 15 is 0 Å². The van der Waals surface area contributed by atoms with Crippen molar-refractivity contribution in [3.8, 4) is 0 Å². The van der Waals surface area contributed by atoms with Crippen LogP contribution in [0, 0.1) is 5.41 Å². The minimum atomic E-state index is -0.519. The maximum Gasteiger partial charge on any atom is 0.237 e. The Bertz CT molecular complexity index is 209. The van der Waals surface area contributed by atoms with Crippen molar-refractivity contribution in [1.82, 2.24) is 5.32 Å². The molecule has 2 unspecified atom stereocenters. The summed E-state index contributed by atoms with van der Waals surface area (Å²) in [6.07, 6.45) is 0.133. The summed E-state index contributed by atoms with van der Waals surface area (Å²) in [4.78, 5) is 11.7. The molecule has 0 aromatic heterocycles. The van der Waals surface area contributed by atoms with Crippen molar-refractivity contribution in [2.24, 2.45) is 11.1 Å². The average molecular weight is 216 g/mol. The molecule has 0 aromatic carbocycles. The van der Waals surface area contributed by atoms with Gasteiger partial charge in [-0.05, 0) is 25.7 Å². The smallest absolute Gasteiger partial charge is 0.237 e. The summed E-state index contributed by atoms with van der Waals surface area (Å²) in [5.41, 5.74) is 5.56. The summed E-state index contributed by atoms with van der Waals surface area (Å²) in [6.45, 7) is 9.34. The lowest BCUT2D eigenvalue weighted by Gasteiger charge is -2.27. The van der Waals surface area contributed by atoms with Gasteiger partial charge in [-0.2, -0.15) is 0 Å². The van der Waals surface area contributed by atoms with Crippen LogP contribution < -0.4 is 11.1 Å². The van der Waals surface area contributed by atoms with Crippen LogP contribution in [0.15, 0.2) is 0 Å². The first kappa shape index (κ1) is 14.4. The third kappa shape index (κ3) is 5.74. The van der Waals surface area contributed by atoms with Crippen molar-refractivity contribution in [3.63, 3.8) is 0 Å². The molecular weight excluding hydrogens is 192 g/mol. The summed E-state index contributed by atoms with van der Waals surface area (Å²) >= 11 is 0. The van der Waals surface area contributed by atoms with E-state index in [1.807, 2.05) is 27.7 Å². The molecule has 0 saturated carbocycles. The quantitative estimate of drug-likeness (QED) is 0.645. The topological polar surface area (TPSA) is 75.3 Å². The number of aliphatic hydroxyl groups is 1. The minimum Gasteiger partial charge on any atom is -0.393 e. The summed E-state index contributed by atoms with van der Waals surface area (Å²) in [7, 11) is 0. The maximum atomic E-state index is 11.7. The summed E-state index contributed by atoms with van der Waals surface area (Å²) < 4.78 is 0. The Balaban J connectivity index is 4.14. The van der Waals surface area contributed by atoms with E-state index in [1.54, 1.807) is 6.92 Å². The number of amides is 1. The number of aliphatic hydroxyl groups excluding tert-OH is 1. The molecule has 0 spiro atoms. The van der Waals surface area contributed by atoms with E-state index in [-0.39, 0.29) is 17.4 Å². The number of hydrogen-bond acceptors (Lipinski definition) is 3. The first-order valence-corrected chi connectivity index (χ1v) is 5.38. The zero-order chi connectivity index (χ0) is 12.2. The normalized spacial score (nSPS) is 18.1. The fourth-order valence-corrected chi connectivity index (χ4v) is 1.30. The van der Waals surface area contributed by atoms with Crippen molar-refractivity contribution in [1.29, 1.82) is 0 Å². The molecule has 0 radical (unpaired) electrons. The standard InChI is InChI=1S/C11H24N2O2/c1-7(6-8(2)14)13-10(15)9(12)11(3,4)5/h7-9,14H,6,12H2,1-5H3,(H,13,15)/t7?,8?,9-/m0/s1. The van der Waals surface area contributed by atoms with Crippen LogP contribution in [0.4, 0.5) is 0 Å². The third-order valence-electron chi connectivity index (χ3n) is 2.30. The van der Waals surface area contributed by atoms with Crippen LogP contribution in [0.2, 0.25) is 0 Å². The largest absolute Gasteiger partial charge is 0.393 e. The molecule has 0 aromatic rings. The van der Waals surface area contributed by atoms with Gasteiger partial charge in [-0.15, -0.1) is 0 Å². The molecule has 4 heteroatoms. The fraction of sp³-hybridized carbons (Fsp3) is 0.909. The number of rotatable bonds is 4. The van der Waals surface area contributed by atoms with Crippen LogP contribution in [-0.4, -0.2) is 29.2 Å². The lowest BCUT2D eigenvalue weighted by atomic mass is 9.87. The molecule has 0 fully saturated rings. The highest BCUT2D eigenvalue weighted by atomic mass is 16.3. The van der Waals surface area contributed by atoms with Crippen molar-refractivity contribution >= 4 is 5.91 Å². The van der Waals surface area contributed by atoms with E-state index in [4.69, 9.17) is 10.8 Å². The predicted molar refractivity (Wildman–Crippen MR) is 61.3 cm³/mol. The molecule has 0 aliphatic carbocycles. The Morgan fingerprint density at radius 1 is 1.40 bits per heavy atom. The van der Waals surface area contributed by atoms with Gasteiger partial charge in [-0.3, -0.25) is 4.79 Å². The lowest BCUT2D eigenvalue weighted by Crippen LogP contribution is -2.51. The second-order valence-corrected chi connectivity index (χ2v) is 5.34. The molecule has 90 valence electrons. The van der Waals surface area contributed by atoms with Crippen LogP contribution in [0.3, 0.4) is 0 Å². The van der Waals surface area contributed by atoms with Crippen molar-refractivity contribution in [3.05, 3.63) is 0 Å². The highest BCUT2D eigenvalue weighted by Gasteiger charge is 2.28. The van der Waals surface area contributed by atoms with E-state index in [2.05, 4.69) is 5.32 Å². The van der Waals surface area contributed by atoms with E-state index < -0.39 is 12.1 Å². The number of nitrogens with one attached hydrogen (secondary N) is 1. The second-order valence-electron chi connectivity index (χ2n) is 5.34. The molecule has 0 bridgehead atoms. The van der Waals surface area contributed by atoms with Crippen LogP contribution in [-0.2, 0) is 4.79 Å². The van der Waals surface area contributed by atoms with Gasteiger partial charge in [-0.25, -0.2) is 0 Å². The Morgan fingerprint density at radius 3 is 2.20 bits per heavy atom. The van der Waals surface area contributed by atoms with Crippen molar-refractivity contribution < 1.29 is 9.90 Å². The van der Waals surface area contributed by atoms with E-state index in [1.165, 1.54) is 0 Å². The zero-order valence-electron chi connectivity index (χ0n) is 10.4. The number of carbonyl (C=O) groups excluding carboxylic acids is 1. The van der Waals surface area contributed by atoms with Gasteiger partial charge in [0.2, 0.25) is 5.91 Å². The molecule has 0 heterocycles. The van der Waals surface area contributed by atoms with Gasteiger partial charge in [0.1, 0.15) is 0 Å². The van der Waals surface area contributed by atoms with Gasteiger partial charge in [0, 0.05) is 6.04 Å².